The minimum absolute atomic E-state index is 0.195. The van der Waals surface area contributed by atoms with E-state index < -0.39 is 0 Å². The quantitative estimate of drug-likeness (QED) is 0.586. The number of carbonyl (C=O) groups excluding carboxylic acids is 1. The largest absolute Gasteiger partial charge is 0.337 e. The maximum Gasteiger partial charge on any atom is 0.263 e. The van der Waals surface area contributed by atoms with Crippen LogP contribution in [-0.4, -0.2) is 38.5 Å². The first-order valence-corrected chi connectivity index (χ1v) is 11.9. The summed E-state index contributed by atoms with van der Waals surface area (Å²) in [5, 5.41) is 8.75. The van der Waals surface area contributed by atoms with Gasteiger partial charge in [-0.3, -0.25) is 9.20 Å². The van der Waals surface area contributed by atoms with E-state index in [0.29, 0.717) is 11.3 Å². The molecule has 2 unspecified atom stereocenters. The number of carbonyl (C=O) groups is 1. The molecule has 3 aromatic rings. The van der Waals surface area contributed by atoms with Crippen LogP contribution in [-0.2, 0) is 12.8 Å². The average molecular weight is 423 g/mol. The molecule has 1 amide bonds. The standard InChI is InChI=1S/C24H30N4OS/c1-24(2,3)18-9-10-19-17(13-18)14-20(30-19)23(29)27-11-6-7-16(15-27)22-26-25-21-8-4-5-12-28(21)22/h4-5,8,12,14,16,18H,6-7,9-11,13,15H2,1-3H3. The number of aromatic nitrogens is 3. The molecule has 0 bridgehead atoms. The summed E-state index contributed by atoms with van der Waals surface area (Å²) < 4.78 is 2.06. The Labute approximate surface area is 182 Å². The van der Waals surface area contributed by atoms with Crippen molar-refractivity contribution in [3.8, 4) is 0 Å². The smallest absolute Gasteiger partial charge is 0.263 e. The number of fused-ring (bicyclic) bond motifs is 2. The minimum Gasteiger partial charge on any atom is -0.337 e. The molecule has 158 valence electrons. The van der Waals surface area contributed by atoms with E-state index in [4.69, 9.17) is 0 Å². The molecule has 6 heteroatoms. The molecule has 0 radical (unpaired) electrons. The third-order valence-corrected chi connectivity index (χ3v) is 8.16. The monoisotopic (exact) mass is 422 g/mol. The van der Waals surface area contributed by atoms with E-state index in [1.54, 1.807) is 11.3 Å². The first-order chi connectivity index (χ1) is 14.4. The van der Waals surface area contributed by atoms with Crippen LogP contribution in [0.15, 0.2) is 30.5 Å². The number of hydrogen-bond acceptors (Lipinski definition) is 4. The van der Waals surface area contributed by atoms with Gasteiger partial charge in [0, 0.05) is 30.1 Å². The Balaban J connectivity index is 1.34. The average Bonchev–Trinajstić information content (AvgIpc) is 3.36. The van der Waals surface area contributed by atoms with E-state index in [1.807, 2.05) is 29.3 Å². The van der Waals surface area contributed by atoms with E-state index in [0.717, 1.165) is 55.1 Å². The van der Waals surface area contributed by atoms with Crippen molar-refractivity contribution >= 4 is 22.9 Å². The van der Waals surface area contributed by atoms with Crippen LogP contribution in [0.3, 0.4) is 0 Å². The maximum absolute atomic E-state index is 13.4. The molecule has 4 heterocycles. The fourth-order valence-corrected chi connectivity index (χ4v) is 6.21. The molecule has 5 nitrogen and oxygen atoms in total. The highest BCUT2D eigenvalue weighted by atomic mass is 32.1. The Morgan fingerprint density at radius 3 is 2.90 bits per heavy atom. The van der Waals surface area contributed by atoms with Gasteiger partial charge >= 0.3 is 0 Å². The van der Waals surface area contributed by atoms with E-state index >= 15 is 0 Å². The number of pyridine rings is 1. The van der Waals surface area contributed by atoms with Gasteiger partial charge in [-0.2, -0.15) is 0 Å². The molecule has 2 atom stereocenters. The molecule has 1 aliphatic heterocycles. The van der Waals surface area contributed by atoms with Gasteiger partial charge in [-0.1, -0.05) is 26.8 Å². The highest BCUT2D eigenvalue weighted by molar-refractivity contribution is 7.14. The molecule has 1 saturated heterocycles. The van der Waals surface area contributed by atoms with Gasteiger partial charge in [0.25, 0.3) is 5.91 Å². The Hall–Kier alpha value is -2.21. The SMILES string of the molecule is CC(C)(C)C1CCc2sc(C(=O)N3CCCC(c4nnc5ccccn45)C3)cc2C1. The van der Waals surface area contributed by atoms with Gasteiger partial charge < -0.3 is 4.90 Å². The molecule has 0 aromatic carbocycles. The number of rotatable bonds is 2. The Kier molecular flexibility index (Phi) is 4.92. The lowest BCUT2D eigenvalue weighted by molar-refractivity contribution is 0.0709. The van der Waals surface area contributed by atoms with E-state index in [1.165, 1.54) is 16.9 Å². The minimum atomic E-state index is 0.195. The predicted octanol–water partition coefficient (Wildman–Crippen LogP) is 4.96. The first kappa shape index (κ1) is 19.7. The van der Waals surface area contributed by atoms with Crippen LogP contribution < -0.4 is 0 Å². The number of amides is 1. The number of piperidine rings is 1. The van der Waals surface area contributed by atoms with Crippen LogP contribution in [0.2, 0.25) is 0 Å². The third kappa shape index (κ3) is 3.55. The zero-order valence-corrected chi connectivity index (χ0v) is 18.9. The van der Waals surface area contributed by atoms with Crippen molar-refractivity contribution in [3.05, 3.63) is 51.6 Å². The molecule has 0 N–H and O–H groups in total. The lowest BCUT2D eigenvalue weighted by Gasteiger charge is -2.33. The molecule has 30 heavy (non-hydrogen) atoms. The van der Waals surface area contributed by atoms with Crippen molar-refractivity contribution in [2.24, 2.45) is 11.3 Å². The topological polar surface area (TPSA) is 50.5 Å². The van der Waals surface area contributed by atoms with Gasteiger partial charge in [0.05, 0.1) is 4.88 Å². The molecule has 2 aliphatic rings. The summed E-state index contributed by atoms with van der Waals surface area (Å²) in [6.07, 6.45) is 7.53. The number of nitrogens with zero attached hydrogens (tertiary/aromatic N) is 4. The van der Waals surface area contributed by atoms with Gasteiger partial charge in [-0.05, 0) is 67.2 Å². The lowest BCUT2D eigenvalue weighted by Crippen LogP contribution is -2.39. The van der Waals surface area contributed by atoms with Crippen LogP contribution in [0.5, 0.6) is 0 Å². The summed E-state index contributed by atoms with van der Waals surface area (Å²) >= 11 is 1.73. The van der Waals surface area contributed by atoms with Gasteiger partial charge in [-0.25, -0.2) is 0 Å². The predicted molar refractivity (Wildman–Crippen MR) is 120 cm³/mol. The van der Waals surface area contributed by atoms with Crippen molar-refractivity contribution in [2.45, 2.75) is 58.8 Å². The second-order valence-corrected chi connectivity index (χ2v) is 11.1. The summed E-state index contributed by atoms with van der Waals surface area (Å²) in [7, 11) is 0. The van der Waals surface area contributed by atoms with Crippen LogP contribution in [0, 0.1) is 11.3 Å². The summed E-state index contributed by atoms with van der Waals surface area (Å²) in [4.78, 5) is 17.8. The highest BCUT2D eigenvalue weighted by Gasteiger charge is 2.33. The zero-order chi connectivity index (χ0) is 20.9. The molecule has 1 fully saturated rings. The van der Waals surface area contributed by atoms with E-state index in [-0.39, 0.29) is 11.8 Å². The Morgan fingerprint density at radius 2 is 2.07 bits per heavy atom. The summed E-state index contributed by atoms with van der Waals surface area (Å²) in [5.41, 5.74) is 2.60. The molecule has 0 saturated carbocycles. The molecule has 0 spiro atoms. The number of hydrogen-bond donors (Lipinski definition) is 0. The second-order valence-electron chi connectivity index (χ2n) is 9.94. The van der Waals surface area contributed by atoms with Crippen LogP contribution in [0.25, 0.3) is 5.65 Å². The van der Waals surface area contributed by atoms with Gasteiger partial charge in [0.1, 0.15) is 5.82 Å². The fourth-order valence-electron chi connectivity index (χ4n) is 5.03. The summed E-state index contributed by atoms with van der Waals surface area (Å²) in [6, 6.07) is 8.15. The van der Waals surface area contributed by atoms with Crippen LogP contribution in [0.1, 0.15) is 71.9 Å². The van der Waals surface area contributed by atoms with E-state index in [2.05, 4.69) is 41.4 Å². The number of aryl methyl sites for hydroxylation is 1. The number of thiophene rings is 1. The van der Waals surface area contributed by atoms with Crippen LogP contribution >= 0.6 is 11.3 Å². The number of likely N-dealkylation sites (tertiary alicyclic amines) is 1. The second kappa shape index (κ2) is 7.49. The van der Waals surface area contributed by atoms with Crippen molar-refractivity contribution in [2.75, 3.05) is 13.1 Å². The first-order valence-electron chi connectivity index (χ1n) is 11.1. The Morgan fingerprint density at radius 1 is 1.20 bits per heavy atom. The van der Waals surface area contributed by atoms with Gasteiger partial charge in [0.2, 0.25) is 0 Å². The third-order valence-electron chi connectivity index (χ3n) is 6.93. The van der Waals surface area contributed by atoms with Crippen molar-refractivity contribution < 1.29 is 4.79 Å². The van der Waals surface area contributed by atoms with Crippen LogP contribution in [0.4, 0.5) is 0 Å². The molecule has 3 aromatic heterocycles. The van der Waals surface area contributed by atoms with Crippen molar-refractivity contribution in [1.82, 2.24) is 19.5 Å². The molecular formula is C24H30N4OS. The highest BCUT2D eigenvalue weighted by Crippen LogP contribution is 2.40. The van der Waals surface area contributed by atoms with Crippen molar-refractivity contribution in [3.63, 3.8) is 0 Å². The fraction of sp³-hybridized carbons (Fsp3) is 0.542. The molecule has 5 rings (SSSR count). The normalized spacial score (nSPS) is 22.3. The molecule has 1 aliphatic carbocycles. The van der Waals surface area contributed by atoms with E-state index in [9.17, 15) is 4.79 Å². The molecular weight excluding hydrogens is 392 g/mol. The Bertz CT molecular complexity index is 1080. The lowest BCUT2D eigenvalue weighted by atomic mass is 9.72. The van der Waals surface area contributed by atoms with Gasteiger partial charge in [-0.15, -0.1) is 21.5 Å². The zero-order valence-electron chi connectivity index (χ0n) is 18.1. The van der Waals surface area contributed by atoms with Crippen molar-refractivity contribution in [1.29, 1.82) is 0 Å². The van der Waals surface area contributed by atoms with Gasteiger partial charge in [0.15, 0.2) is 5.65 Å². The maximum atomic E-state index is 13.4. The summed E-state index contributed by atoms with van der Waals surface area (Å²) in [5.74, 6) is 2.10. The summed E-state index contributed by atoms with van der Waals surface area (Å²) in [6.45, 7) is 8.57.